The predicted octanol–water partition coefficient (Wildman–Crippen LogP) is 0.775. The zero-order chi connectivity index (χ0) is 17.7. The standard InChI is InChI=1S/C14H18N2O6S2/c15-24(20,21)12-6-10(8-23-12)14(19)22-7-11(17)16-13(18)9-4-2-1-3-5-9/h6,8-9H,1-5,7H2,(H2,15,20,21)(H,16,17,18). The van der Waals surface area contributed by atoms with Gasteiger partial charge < -0.3 is 4.74 Å². The van der Waals surface area contributed by atoms with Crippen LogP contribution in [-0.4, -0.2) is 32.8 Å². The highest BCUT2D eigenvalue weighted by Gasteiger charge is 2.23. The van der Waals surface area contributed by atoms with Gasteiger partial charge in [0.25, 0.3) is 5.91 Å². The Morgan fingerprint density at radius 2 is 1.92 bits per heavy atom. The Hall–Kier alpha value is -1.78. The molecule has 0 aliphatic heterocycles. The van der Waals surface area contributed by atoms with Crippen molar-refractivity contribution in [2.24, 2.45) is 11.1 Å². The van der Waals surface area contributed by atoms with E-state index in [2.05, 4.69) is 5.32 Å². The molecule has 2 amide bonds. The second-order valence-corrected chi connectivity index (χ2v) is 8.22. The summed E-state index contributed by atoms with van der Waals surface area (Å²) in [5.74, 6) is -2.09. The summed E-state index contributed by atoms with van der Waals surface area (Å²) >= 11 is 0.780. The molecule has 24 heavy (non-hydrogen) atoms. The number of thiophene rings is 1. The summed E-state index contributed by atoms with van der Waals surface area (Å²) in [7, 11) is -3.89. The highest BCUT2D eigenvalue weighted by Crippen LogP contribution is 2.23. The molecule has 2 rings (SSSR count). The first-order chi connectivity index (χ1) is 11.3. The largest absolute Gasteiger partial charge is 0.452 e. The lowest BCUT2D eigenvalue weighted by Gasteiger charge is -2.20. The van der Waals surface area contributed by atoms with Crippen molar-refractivity contribution in [2.75, 3.05) is 6.61 Å². The van der Waals surface area contributed by atoms with Gasteiger partial charge in [-0.15, -0.1) is 11.3 Å². The first-order valence-electron chi connectivity index (χ1n) is 7.39. The van der Waals surface area contributed by atoms with Crippen LogP contribution in [0.3, 0.4) is 0 Å². The molecular formula is C14H18N2O6S2. The minimum atomic E-state index is -3.89. The van der Waals surface area contributed by atoms with E-state index in [1.807, 2.05) is 0 Å². The summed E-state index contributed by atoms with van der Waals surface area (Å²) < 4.78 is 26.9. The van der Waals surface area contributed by atoms with Crippen LogP contribution in [0.5, 0.6) is 0 Å². The van der Waals surface area contributed by atoms with Gasteiger partial charge in [0.15, 0.2) is 6.61 Å². The van der Waals surface area contributed by atoms with Gasteiger partial charge in [-0.2, -0.15) is 0 Å². The molecule has 1 fully saturated rings. The molecule has 0 spiro atoms. The van der Waals surface area contributed by atoms with Crippen molar-refractivity contribution in [2.45, 2.75) is 36.3 Å². The number of nitrogens with one attached hydrogen (secondary N) is 1. The number of amides is 2. The molecule has 8 nitrogen and oxygen atoms in total. The van der Waals surface area contributed by atoms with Gasteiger partial charge in [0.05, 0.1) is 5.56 Å². The molecule has 1 aliphatic carbocycles. The molecule has 1 heterocycles. The van der Waals surface area contributed by atoms with Crippen molar-refractivity contribution in [3.8, 4) is 0 Å². The van der Waals surface area contributed by atoms with Gasteiger partial charge in [-0.25, -0.2) is 18.4 Å². The van der Waals surface area contributed by atoms with Gasteiger partial charge in [-0.05, 0) is 18.9 Å². The van der Waals surface area contributed by atoms with E-state index in [4.69, 9.17) is 9.88 Å². The highest BCUT2D eigenvalue weighted by atomic mass is 32.2. The van der Waals surface area contributed by atoms with Crippen LogP contribution in [0, 0.1) is 5.92 Å². The number of esters is 1. The molecule has 1 saturated carbocycles. The quantitative estimate of drug-likeness (QED) is 0.732. The summed E-state index contributed by atoms with van der Waals surface area (Å²) in [5.41, 5.74) is -0.0181. The van der Waals surface area contributed by atoms with Gasteiger partial charge >= 0.3 is 5.97 Å². The number of hydrogen-bond donors (Lipinski definition) is 2. The minimum Gasteiger partial charge on any atom is -0.452 e. The molecule has 10 heteroatoms. The van der Waals surface area contributed by atoms with Crippen LogP contribution < -0.4 is 10.5 Å². The first kappa shape index (κ1) is 18.6. The third kappa shape index (κ3) is 5.11. The van der Waals surface area contributed by atoms with Gasteiger partial charge in [-0.3, -0.25) is 14.9 Å². The first-order valence-corrected chi connectivity index (χ1v) is 9.82. The van der Waals surface area contributed by atoms with Crippen molar-refractivity contribution in [1.82, 2.24) is 5.32 Å². The molecule has 0 bridgehead atoms. The molecule has 0 atom stereocenters. The smallest absolute Gasteiger partial charge is 0.339 e. The molecule has 1 aliphatic rings. The van der Waals surface area contributed by atoms with Crippen molar-refractivity contribution >= 4 is 39.1 Å². The number of imide groups is 1. The maximum atomic E-state index is 11.9. The second kappa shape index (κ2) is 7.86. The fourth-order valence-corrected chi connectivity index (χ4v) is 4.00. The fourth-order valence-electron chi connectivity index (χ4n) is 2.43. The number of ether oxygens (including phenoxy) is 1. The zero-order valence-corrected chi connectivity index (χ0v) is 14.5. The van der Waals surface area contributed by atoms with Crippen molar-refractivity contribution in [3.05, 3.63) is 17.0 Å². The summed E-state index contributed by atoms with van der Waals surface area (Å²) in [5, 5.41) is 8.44. The van der Waals surface area contributed by atoms with E-state index >= 15 is 0 Å². The van der Waals surface area contributed by atoms with Crippen molar-refractivity contribution in [3.63, 3.8) is 0 Å². The highest BCUT2D eigenvalue weighted by molar-refractivity contribution is 7.91. The maximum absolute atomic E-state index is 11.9. The third-order valence-corrected chi connectivity index (χ3v) is 6.05. The number of carbonyl (C=O) groups is 3. The van der Waals surface area contributed by atoms with Gasteiger partial charge in [0.2, 0.25) is 15.9 Å². The van der Waals surface area contributed by atoms with E-state index in [-0.39, 0.29) is 21.6 Å². The maximum Gasteiger partial charge on any atom is 0.339 e. The van der Waals surface area contributed by atoms with Crippen LogP contribution in [0.1, 0.15) is 42.5 Å². The van der Waals surface area contributed by atoms with E-state index in [9.17, 15) is 22.8 Å². The minimum absolute atomic E-state index is 0.0181. The lowest BCUT2D eigenvalue weighted by atomic mass is 9.89. The summed E-state index contributed by atoms with van der Waals surface area (Å²) in [6.45, 7) is -0.613. The number of sulfonamides is 1. The van der Waals surface area contributed by atoms with E-state index in [1.165, 1.54) is 5.38 Å². The summed E-state index contributed by atoms with van der Waals surface area (Å²) in [6.07, 6.45) is 4.53. The average Bonchev–Trinajstić information content (AvgIpc) is 3.03. The average molecular weight is 374 g/mol. The Labute approximate surface area is 143 Å². The Bertz CT molecular complexity index is 734. The SMILES string of the molecule is NS(=O)(=O)c1cc(C(=O)OCC(=O)NC(=O)C2CCCCC2)cs1. The molecule has 132 valence electrons. The number of rotatable bonds is 5. The van der Waals surface area contributed by atoms with Crippen molar-refractivity contribution in [1.29, 1.82) is 0 Å². The lowest BCUT2D eigenvalue weighted by Crippen LogP contribution is -2.38. The van der Waals surface area contributed by atoms with E-state index in [1.54, 1.807) is 0 Å². The van der Waals surface area contributed by atoms with Crippen molar-refractivity contribution < 1.29 is 27.5 Å². The molecular weight excluding hydrogens is 356 g/mol. The number of nitrogens with two attached hydrogens (primary N) is 1. The number of primary sulfonamides is 1. The normalized spacial score (nSPS) is 15.7. The van der Waals surface area contributed by atoms with Crippen LogP contribution in [-0.2, 0) is 24.3 Å². The van der Waals surface area contributed by atoms with Gasteiger partial charge in [-0.1, -0.05) is 19.3 Å². The molecule has 0 unspecified atom stereocenters. The van der Waals surface area contributed by atoms with Crippen LogP contribution in [0.4, 0.5) is 0 Å². The Kier molecular flexibility index (Phi) is 6.08. The van der Waals surface area contributed by atoms with E-state index < -0.39 is 28.5 Å². The summed E-state index contributed by atoms with van der Waals surface area (Å²) in [6, 6.07) is 1.08. The van der Waals surface area contributed by atoms with E-state index in [0.29, 0.717) is 0 Å². The number of hydrogen-bond acceptors (Lipinski definition) is 7. The van der Waals surface area contributed by atoms with Crippen LogP contribution in [0.15, 0.2) is 15.7 Å². The topological polar surface area (TPSA) is 133 Å². The number of carbonyl (C=O) groups excluding carboxylic acids is 3. The molecule has 0 aromatic carbocycles. The van der Waals surface area contributed by atoms with E-state index in [0.717, 1.165) is 49.5 Å². The predicted molar refractivity (Wildman–Crippen MR) is 85.7 cm³/mol. The second-order valence-electron chi connectivity index (χ2n) is 5.52. The third-order valence-electron chi connectivity index (χ3n) is 3.66. The summed E-state index contributed by atoms with van der Waals surface area (Å²) in [4.78, 5) is 35.3. The molecule has 0 saturated heterocycles. The molecule has 1 aromatic heterocycles. The van der Waals surface area contributed by atoms with Crippen LogP contribution in [0.25, 0.3) is 0 Å². The Balaban J connectivity index is 1.81. The molecule has 1 aromatic rings. The van der Waals surface area contributed by atoms with Crippen LogP contribution in [0.2, 0.25) is 0 Å². The Morgan fingerprint density at radius 1 is 1.25 bits per heavy atom. The molecule has 0 radical (unpaired) electrons. The Morgan fingerprint density at radius 3 is 2.50 bits per heavy atom. The molecule has 3 N–H and O–H groups in total. The fraction of sp³-hybridized carbons (Fsp3) is 0.500. The van der Waals surface area contributed by atoms with Gasteiger partial charge in [0.1, 0.15) is 4.21 Å². The van der Waals surface area contributed by atoms with Crippen LogP contribution >= 0.6 is 11.3 Å². The lowest BCUT2D eigenvalue weighted by molar-refractivity contribution is -0.135. The zero-order valence-electron chi connectivity index (χ0n) is 12.8. The monoisotopic (exact) mass is 374 g/mol. The van der Waals surface area contributed by atoms with Gasteiger partial charge in [0, 0.05) is 11.3 Å².